The molecule has 1 nitrogen and oxygen atoms in total. The van der Waals surface area contributed by atoms with Gasteiger partial charge in [-0.15, -0.1) is 0 Å². The Hall–Kier alpha value is -2.02. The van der Waals surface area contributed by atoms with Gasteiger partial charge in [-0.3, -0.25) is 0 Å². The molecule has 0 saturated heterocycles. The summed E-state index contributed by atoms with van der Waals surface area (Å²) in [6, 6.07) is 21.2. The molecule has 0 bridgehead atoms. The minimum Gasteiger partial charge on any atom is -0.314 e. The zero-order valence-corrected chi connectivity index (χ0v) is 9.22. The molecule has 3 aromatic rings. The van der Waals surface area contributed by atoms with Crippen molar-refractivity contribution in [1.82, 2.24) is 4.57 Å². The molecule has 16 heavy (non-hydrogen) atoms. The van der Waals surface area contributed by atoms with Gasteiger partial charge in [-0.1, -0.05) is 36.4 Å². The maximum Gasteiger partial charge on any atom is 0.0531 e. The van der Waals surface area contributed by atoms with Crippen LogP contribution in [0.3, 0.4) is 0 Å². The monoisotopic (exact) mass is 207 g/mol. The Bertz CT molecular complexity index is 620. The average Bonchev–Trinajstić information content (AvgIpc) is 2.66. The fourth-order valence-electron chi connectivity index (χ4n) is 2.21. The van der Waals surface area contributed by atoms with Crippen molar-refractivity contribution >= 4 is 10.9 Å². The molecule has 0 unspecified atom stereocenters. The molecule has 1 aromatic heterocycles. The summed E-state index contributed by atoms with van der Waals surface area (Å²) in [5, 5.41) is 1.30. The van der Waals surface area contributed by atoms with Crippen molar-refractivity contribution < 1.29 is 0 Å². The summed E-state index contributed by atoms with van der Waals surface area (Å²) in [5.74, 6) is 0. The predicted molar refractivity (Wildman–Crippen MR) is 68.0 cm³/mol. The van der Waals surface area contributed by atoms with E-state index in [1.807, 2.05) is 6.07 Å². The van der Waals surface area contributed by atoms with Gasteiger partial charge >= 0.3 is 0 Å². The van der Waals surface area contributed by atoms with Crippen LogP contribution in [0, 0.1) is 6.92 Å². The number of para-hydroxylation sites is 2. The van der Waals surface area contributed by atoms with Crippen molar-refractivity contribution in [2.75, 3.05) is 0 Å². The molecule has 78 valence electrons. The van der Waals surface area contributed by atoms with E-state index < -0.39 is 0 Å². The van der Waals surface area contributed by atoms with Gasteiger partial charge in [0, 0.05) is 16.8 Å². The Labute approximate surface area is 95.0 Å². The number of nitrogens with zero attached hydrogens (tertiary/aromatic N) is 1. The summed E-state index contributed by atoms with van der Waals surface area (Å²) in [6.07, 6.45) is 0. The van der Waals surface area contributed by atoms with E-state index >= 15 is 0 Å². The SMILES string of the molecule is Cc1cc2ccccc2n1-c1ccccc1. The first kappa shape index (κ1) is 9.22. The molecule has 2 aromatic carbocycles. The third kappa shape index (κ3) is 1.33. The van der Waals surface area contributed by atoms with Crippen LogP contribution in [0.1, 0.15) is 5.69 Å². The standard InChI is InChI=1S/C15H13N/c1-12-11-13-7-5-6-10-15(13)16(12)14-8-3-2-4-9-14/h2-11H,1H3. The third-order valence-corrected chi connectivity index (χ3v) is 2.91. The molecule has 0 fully saturated rings. The number of hydrogen-bond acceptors (Lipinski definition) is 0. The minimum absolute atomic E-state index is 1.22. The van der Waals surface area contributed by atoms with Crippen molar-refractivity contribution in [2.24, 2.45) is 0 Å². The van der Waals surface area contributed by atoms with E-state index in [0.717, 1.165) is 0 Å². The van der Waals surface area contributed by atoms with Crippen LogP contribution in [0.25, 0.3) is 16.6 Å². The summed E-state index contributed by atoms with van der Waals surface area (Å²) in [4.78, 5) is 0. The van der Waals surface area contributed by atoms with Gasteiger partial charge in [-0.05, 0) is 31.2 Å². The van der Waals surface area contributed by atoms with Crippen LogP contribution in [0.5, 0.6) is 0 Å². The fourth-order valence-corrected chi connectivity index (χ4v) is 2.21. The number of benzene rings is 2. The Morgan fingerprint density at radius 2 is 1.50 bits per heavy atom. The lowest BCUT2D eigenvalue weighted by atomic mass is 10.2. The highest BCUT2D eigenvalue weighted by atomic mass is 15.0. The zero-order chi connectivity index (χ0) is 11.0. The van der Waals surface area contributed by atoms with Gasteiger partial charge in [0.05, 0.1) is 5.52 Å². The van der Waals surface area contributed by atoms with Gasteiger partial charge in [0.1, 0.15) is 0 Å². The Balaban J connectivity index is 2.35. The first-order valence-electron chi connectivity index (χ1n) is 5.49. The lowest BCUT2D eigenvalue weighted by molar-refractivity contribution is 1.05. The summed E-state index contributed by atoms with van der Waals surface area (Å²) in [5.41, 5.74) is 3.76. The van der Waals surface area contributed by atoms with E-state index in [-0.39, 0.29) is 0 Å². The van der Waals surface area contributed by atoms with Crippen LogP contribution < -0.4 is 0 Å². The smallest absolute Gasteiger partial charge is 0.0531 e. The van der Waals surface area contributed by atoms with Crippen LogP contribution in [-0.4, -0.2) is 4.57 Å². The summed E-state index contributed by atoms with van der Waals surface area (Å²) < 4.78 is 2.29. The van der Waals surface area contributed by atoms with Gasteiger partial charge in [0.25, 0.3) is 0 Å². The lowest BCUT2D eigenvalue weighted by Crippen LogP contribution is -1.94. The molecule has 1 heterocycles. The second-order valence-electron chi connectivity index (χ2n) is 4.02. The Kier molecular flexibility index (Phi) is 2.03. The van der Waals surface area contributed by atoms with Crippen molar-refractivity contribution in [1.29, 1.82) is 0 Å². The highest BCUT2D eigenvalue weighted by Crippen LogP contribution is 2.23. The van der Waals surface area contributed by atoms with E-state index in [1.54, 1.807) is 0 Å². The van der Waals surface area contributed by atoms with E-state index in [9.17, 15) is 0 Å². The van der Waals surface area contributed by atoms with E-state index in [0.29, 0.717) is 0 Å². The maximum absolute atomic E-state index is 2.29. The molecule has 0 saturated carbocycles. The van der Waals surface area contributed by atoms with Gasteiger partial charge in [0.2, 0.25) is 0 Å². The zero-order valence-electron chi connectivity index (χ0n) is 9.22. The first-order chi connectivity index (χ1) is 7.86. The topological polar surface area (TPSA) is 4.93 Å². The van der Waals surface area contributed by atoms with Crippen LogP contribution >= 0.6 is 0 Å². The molecular weight excluding hydrogens is 194 g/mol. The predicted octanol–water partition coefficient (Wildman–Crippen LogP) is 3.94. The Morgan fingerprint density at radius 3 is 2.31 bits per heavy atom. The van der Waals surface area contributed by atoms with Crippen LogP contribution in [0.4, 0.5) is 0 Å². The largest absolute Gasteiger partial charge is 0.314 e. The molecule has 0 aliphatic heterocycles. The van der Waals surface area contributed by atoms with Crippen molar-refractivity contribution in [2.45, 2.75) is 6.92 Å². The molecule has 0 aliphatic rings. The highest BCUT2D eigenvalue weighted by molar-refractivity contribution is 5.83. The van der Waals surface area contributed by atoms with E-state index in [1.165, 1.54) is 22.3 Å². The minimum atomic E-state index is 1.22. The number of aromatic nitrogens is 1. The number of aryl methyl sites for hydroxylation is 1. The lowest BCUT2D eigenvalue weighted by Gasteiger charge is -2.07. The van der Waals surface area contributed by atoms with Gasteiger partial charge in [0.15, 0.2) is 0 Å². The normalized spacial score (nSPS) is 10.8. The third-order valence-electron chi connectivity index (χ3n) is 2.91. The van der Waals surface area contributed by atoms with Gasteiger partial charge in [-0.25, -0.2) is 0 Å². The molecule has 0 aliphatic carbocycles. The quantitative estimate of drug-likeness (QED) is 0.569. The second kappa shape index (κ2) is 3.53. The van der Waals surface area contributed by atoms with E-state index in [2.05, 4.69) is 66.1 Å². The molecule has 0 amide bonds. The molecule has 0 radical (unpaired) electrons. The maximum atomic E-state index is 2.29. The van der Waals surface area contributed by atoms with Crippen LogP contribution in [0.15, 0.2) is 60.7 Å². The first-order valence-corrected chi connectivity index (χ1v) is 5.49. The van der Waals surface area contributed by atoms with Gasteiger partial charge in [-0.2, -0.15) is 0 Å². The van der Waals surface area contributed by atoms with Crippen molar-refractivity contribution in [3.63, 3.8) is 0 Å². The number of rotatable bonds is 1. The molecular formula is C15H13N. The highest BCUT2D eigenvalue weighted by Gasteiger charge is 2.05. The molecule has 0 spiro atoms. The average molecular weight is 207 g/mol. The van der Waals surface area contributed by atoms with E-state index in [4.69, 9.17) is 0 Å². The molecule has 1 heteroatoms. The molecule has 0 N–H and O–H groups in total. The van der Waals surface area contributed by atoms with Crippen LogP contribution in [-0.2, 0) is 0 Å². The second-order valence-corrected chi connectivity index (χ2v) is 4.02. The fraction of sp³-hybridized carbons (Fsp3) is 0.0667. The van der Waals surface area contributed by atoms with Gasteiger partial charge < -0.3 is 4.57 Å². The summed E-state index contributed by atoms with van der Waals surface area (Å²) >= 11 is 0. The summed E-state index contributed by atoms with van der Waals surface area (Å²) in [7, 11) is 0. The van der Waals surface area contributed by atoms with Crippen molar-refractivity contribution in [3.05, 3.63) is 66.4 Å². The number of fused-ring (bicyclic) bond motifs is 1. The van der Waals surface area contributed by atoms with Crippen LogP contribution in [0.2, 0.25) is 0 Å². The molecule has 0 atom stereocenters. The summed E-state index contributed by atoms with van der Waals surface area (Å²) in [6.45, 7) is 2.15. The molecule has 3 rings (SSSR count). The number of hydrogen-bond donors (Lipinski definition) is 0. The Morgan fingerprint density at radius 1 is 0.812 bits per heavy atom. The van der Waals surface area contributed by atoms with Crippen molar-refractivity contribution in [3.8, 4) is 5.69 Å².